The fourth-order valence-electron chi connectivity index (χ4n) is 2.54. The monoisotopic (exact) mass is 314 g/mol. The van der Waals surface area contributed by atoms with Gasteiger partial charge >= 0.3 is 0 Å². The average Bonchev–Trinajstić information content (AvgIpc) is 2.98. The number of amides is 1. The summed E-state index contributed by atoms with van der Waals surface area (Å²) in [7, 11) is 0. The molecule has 1 aliphatic heterocycles. The van der Waals surface area contributed by atoms with Crippen LogP contribution < -0.4 is 5.32 Å². The number of nitrogens with zero attached hydrogens (tertiary/aromatic N) is 1. The number of thioether (sulfide) groups is 1. The molecular weight excluding hydrogens is 294 g/mol. The Kier molecular flexibility index (Phi) is 5.99. The largest absolute Gasteiger partial charge is 0.334 e. The minimum atomic E-state index is -2.44. The van der Waals surface area contributed by atoms with E-state index in [1.54, 1.807) is 24.3 Å². The molecule has 1 unspecified atom stereocenters. The summed E-state index contributed by atoms with van der Waals surface area (Å²) >= 11 is 0.495. The Balaban J connectivity index is 2.08. The number of halogens is 2. The van der Waals surface area contributed by atoms with E-state index in [0.29, 0.717) is 22.2 Å². The molecule has 6 heteroatoms. The first-order valence-corrected chi connectivity index (χ1v) is 8.06. The molecule has 1 aromatic carbocycles. The molecule has 1 amide bonds. The molecule has 0 aliphatic carbocycles. The standard InChI is InChI=1S/C15H20F2N2OS/c1-2-9-19(12-7-8-18-10-12)14(20)11-3-5-13(6-4-11)21-15(16)17/h3-6,12,15,18H,2,7-10H2,1H3. The first kappa shape index (κ1) is 16.2. The van der Waals surface area contributed by atoms with Crippen LogP contribution in [0, 0.1) is 0 Å². The highest BCUT2D eigenvalue weighted by atomic mass is 32.2. The van der Waals surface area contributed by atoms with Crippen LogP contribution in [0.15, 0.2) is 29.2 Å². The van der Waals surface area contributed by atoms with E-state index in [-0.39, 0.29) is 11.9 Å². The van der Waals surface area contributed by atoms with Gasteiger partial charge in [-0.15, -0.1) is 0 Å². The molecule has 1 heterocycles. The molecule has 3 nitrogen and oxygen atoms in total. The fraction of sp³-hybridized carbons (Fsp3) is 0.533. The van der Waals surface area contributed by atoms with E-state index in [9.17, 15) is 13.6 Å². The Hall–Kier alpha value is -1.14. The van der Waals surface area contributed by atoms with Crippen molar-refractivity contribution in [1.29, 1.82) is 0 Å². The average molecular weight is 314 g/mol. The number of rotatable bonds is 6. The normalized spacial score (nSPS) is 18.2. The van der Waals surface area contributed by atoms with Crippen LogP contribution in [0.4, 0.5) is 8.78 Å². The van der Waals surface area contributed by atoms with Gasteiger partial charge in [0.25, 0.3) is 11.7 Å². The van der Waals surface area contributed by atoms with E-state index in [4.69, 9.17) is 0 Å². The molecule has 21 heavy (non-hydrogen) atoms. The first-order chi connectivity index (χ1) is 10.1. The molecular formula is C15H20F2N2OS. The molecule has 1 saturated heterocycles. The highest BCUT2D eigenvalue weighted by molar-refractivity contribution is 7.99. The summed E-state index contributed by atoms with van der Waals surface area (Å²) in [5.74, 6) is -2.45. The summed E-state index contributed by atoms with van der Waals surface area (Å²) in [6, 6.07) is 6.67. The van der Waals surface area contributed by atoms with Gasteiger partial charge in [0.1, 0.15) is 0 Å². The minimum absolute atomic E-state index is 0.0147. The van der Waals surface area contributed by atoms with Crippen LogP contribution in [0.5, 0.6) is 0 Å². The SMILES string of the molecule is CCCN(C(=O)c1ccc(SC(F)F)cc1)C1CCNC1. The molecule has 1 atom stereocenters. The molecule has 1 aromatic rings. The molecule has 0 bridgehead atoms. The first-order valence-electron chi connectivity index (χ1n) is 7.18. The summed E-state index contributed by atoms with van der Waals surface area (Å²) < 4.78 is 24.6. The predicted octanol–water partition coefficient (Wildman–Crippen LogP) is 3.22. The molecule has 1 aliphatic rings. The second-order valence-corrected chi connectivity index (χ2v) is 6.11. The van der Waals surface area contributed by atoms with Crippen molar-refractivity contribution in [2.24, 2.45) is 0 Å². The maximum Gasteiger partial charge on any atom is 0.288 e. The van der Waals surface area contributed by atoms with Crippen molar-refractivity contribution in [3.05, 3.63) is 29.8 Å². The Labute approximate surface area is 128 Å². The molecule has 0 saturated carbocycles. The van der Waals surface area contributed by atoms with Crippen molar-refractivity contribution >= 4 is 17.7 Å². The van der Waals surface area contributed by atoms with Gasteiger partial charge in [0.05, 0.1) is 0 Å². The van der Waals surface area contributed by atoms with Gasteiger partial charge in [-0.3, -0.25) is 4.79 Å². The summed E-state index contributed by atoms with van der Waals surface area (Å²) in [5, 5.41) is 3.27. The van der Waals surface area contributed by atoms with Crippen LogP contribution in [0.25, 0.3) is 0 Å². The lowest BCUT2D eigenvalue weighted by Crippen LogP contribution is -2.42. The van der Waals surface area contributed by atoms with Gasteiger partial charge in [-0.1, -0.05) is 18.7 Å². The van der Waals surface area contributed by atoms with E-state index in [1.165, 1.54) is 0 Å². The summed E-state index contributed by atoms with van der Waals surface area (Å²) in [4.78, 5) is 15.0. The van der Waals surface area contributed by atoms with Gasteiger partial charge in [0, 0.05) is 29.6 Å². The van der Waals surface area contributed by atoms with E-state index in [2.05, 4.69) is 5.32 Å². The van der Waals surface area contributed by atoms with Crippen LogP contribution in [-0.2, 0) is 0 Å². The summed E-state index contributed by atoms with van der Waals surface area (Å²) in [6.45, 7) is 4.52. The minimum Gasteiger partial charge on any atom is -0.334 e. The third-order valence-corrected chi connectivity index (χ3v) is 4.25. The number of benzene rings is 1. The Bertz CT molecular complexity index is 461. The molecule has 1 N–H and O–H groups in total. The van der Waals surface area contributed by atoms with Crippen LogP contribution in [0.3, 0.4) is 0 Å². The number of carbonyl (C=O) groups excluding carboxylic acids is 1. The number of alkyl halides is 2. The Morgan fingerprint density at radius 2 is 2.14 bits per heavy atom. The maximum atomic E-state index is 12.6. The lowest BCUT2D eigenvalue weighted by atomic mass is 10.1. The fourth-order valence-corrected chi connectivity index (χ4v) is 3.04. The zero-order valence-electron chi connectivity index (χ0n) is 12.0. The van der Waals surface area contributed by atoms with Crippen molar-refractivity contribution in [3.63, 3.8) is 0 Å². The Morgan fingerprint density at radius 3 is 2.67 bits per heavy atom. The van der Waals surface area contributed by atoms with Gasteiger partial charge in [-0.2, -0.15) is 8.78 Å². The second kappa shape index (κ2) is 7.75. The zero-order chi connectivity index (χ0) is 15.2. The lowest BCUT2D eigenvalue weighted by molar-refractivity contribution is 0.0692. The third kappa shape index (κ3) is 4.41. The summed E-state index contributed by atoms with van der Waals surface area (Å²) in [6.07, 6.45) is 1.87. The number of nitrogens with one attached hydrogen (secondary N) is 1. The van der Waals surface area contributed by atoms with Crippen LogP contribution in [-0.4, -0.2) is 42.2 Å². The lowest BCUT2D eigenvalue weighted by Gasteiger charge is -2.28. The molecule has 2 rings (SSSR count). The van der Waals surface area contributed by atoms with Crippen molar-refractivity contribution in [3.8, 4) is 0 Å². The molecule has 0 radical (unpaired) electrons. The van der Waals surface area contributed by atoms with Gasteiger partial charge in [0.2, 0.25) is 0 Å². The van der Waals surface area contributed by atoms with Gasteiger partial charge < -0.3 is 10.2 Å². The number of carbonyl (C=O) groups is 1. The topological polar surface area (TPSA) is 32.3 Å². The Morgan fingerprint density at radius 1 is 1.43 bits per heavy atom. The van der Waals surface area contributed by atoms with Crippen molar-refractivity contribution in [2.45, 2.75) is 36.5 Å². The molecule has 1 fully saturated rings. The smallest absolute Gasteiger partial charge is 0.288 e. The molecule has 0 spiro atoms. The van der Waals surface area contributed by atoms with Crippen molar-refractivity contribution in [2.75, 3.05) is 19.6 Å². The van der Waals surface area contributed by atoms with E-state index in [1.807, 2.05) is 11.8 Å². The molecule has 116 valence electrons. The predicted molar refractivity (Wildman–Crippen MR) is 80.9 cm³/mol. The quantitative estimate of drug-likeness (QED) is 0.818. The van der Waals surface area contributed by atoms with E-state index in [0.717, 1.165) is 32.5 Å². The number of hydrogen-bond acceptors (Lipinski definition) is 3. The van der Waals surface area contributed by atoms with Gasteiger partial charge in [-0.05, 0) is 43.7 Å². The second-order valence-electron chi connectivity index (χ2n) is 5.05. The number of hydrogen-bond donors (Lipinski definition) is 1. The highest BCUT2D eigenvalue weighted by Gasteiger charge is 2.26. The van der Waals surface area contributed by atoms with Crippen LogP contribution in [0.2, 0.25) is 0 Å². The molecule has 0 aromatic heterocycles. The van der Waals surface area contributed by atoms with E-state index >= 15 is 0 Å². The van der Waals surface area contributed by atoms with Crippen molar-refractivity contribution in [1.82, 2.24) is 10.2 Å². The van der Waals surface area contributed by atoms with Crippen molar-refractivity contribution < 1.29 is 13.6 Å². The summed E-state index contributed by atoms with van der Waals surface area (Å²) in [5.41, 5.74) is 0.564. The third-order valence-electron chi connectivity index (χ3n) is 3.53. The zero-order valence-corrected chi connectivity index (χ0v) is 12.8. The van der Waals surface area contributed by atoms with Crippen LogP contribution in [0.1, 0.15) is 30.1 Å². The van der Waals surface area contributed by atoms with E-state index < -0.39 is 5.76 Å². The maximum absolute atomic E-state index is 12.6. The highest BCUT2D eigenvalue weighted by Crippen LogP contribution is 2.25. The van der Waals surface area contributed by atoms with Gasteiger partial charge in [0.15, 0.2) is 0 Å². The van der Waals surface area contributed by atoms with Crippen LogP contribution >= 0.6 is 11.8 Å². The van der Waals surface area contributed by atoms with Gasteiger partial charge in [-0.25, -0.2) is 0 Å².